The molecule has 0 spiro atoms. The molecule has 1 aromatic carbocycles. The summed E-state index contributed by atoms with van der Waals surface area (Å²) in [5.74, 6) is 0. The molecule has 0 amide bonds. The van der Waals surface area contributed by atoms with Gasteiger partial charge in [-0.15, -0.1) is 0 Å². The van der Waals surface area contributed by atoms with Crippen LogP contribution in [0.15, 0.2) is 50.1 Å². The zero-order valence-electron chi connectivity index (χ0n) is 7.75. The van der Waals surface area contributed by atoms with Gasteiger partial charge in [-0.3, -0.25) is 0 Å². The van der Waals surface area contributed by atoms with Crippen LogP contribution in [0.4, 0.5) is 0 Å². The molecule has 0 unspecified atom stereocenters. The van der Waals surface area contributed by atoms with Crippen molar-refractivity contribution in [3.8, 4) is 0 Å². The highest BCUT2D eigenvalue weighted by atomic mass is 79.9. The Balaban J connectivity index is 2.32. The fourth-order valence-corrected chi connectivity index (χ4v) is 3.31. The lowest BCUT2D eigenvalue weighted by Gasteiger charge is -2.07. The summed E-state index contributed by atoms with van der Waals surface area (Å²) >= 11 is 10.6. The van der Waals surface area contributed by atoms with Gasteiger partial charge in [-0.1, -0.05) is 30.3 Å². The van der Waals surface area contributed by atoms with Crippen molar-refractivity contribution in [2.24, 2.45) is 0 Å². The molecule has 0 fully saturated rings. The molecule has 4 heteroatoms. The molecule has 0 N–H and O–H groups in total. The van der Waals surface area contributed by atoms with Crippen LogP contribution in [0.5, 0.6) is 0 Å². The van der Waals surface area contributed by atoms with E-state index < -0.39 is 0 Å². The molecule has 0 saturated heterocycles. The third-order valence-corrected chi connectivity index (χ3v) is 4.77. The molecule has 2 rings (SSSR count). The number of rotatable bonds is 2. The Kier molecular flexibility index (Phi) is 3.69. The first kappa shape index (κ1) is 11.4. The predicted octanol–water partition coefficient (Wildman–Crippen LogP) is 4.82. The van der Waals surface area contributed by atoms with Gasteiger partial charge >= 0.3 is 0 Å². The van der Waals surface area contributed by atoms with Crippen molar-refractivity contribution in [3.05, 3.63) is 55.6 Å². The van der Waals surface area contributed by atoms with E-state index in [1.165, 1.54) is 5.56 Å². The maximum Gasteiger partial charge on any atom is 0.100 e. The number of aromatic nitrogens is 1. The standard InChI is InChI=1S/C11H8Br3N/c12-9-6-10(13)15(11(9)14)7-8-4-2-1-3-5-8/h1-6H,7H2. The van der Waals surface area contributed by atoms with Gasteiger partial charge in [0.2, 0.25) is 0 Å². The molecule has 0 aliphatic rings. The number of hydrogen-bond acceptors (Lipinski definition) is 0. The van der Waals surface area contributed by atoms with E-state index in [1.807, 2.05) is 12.1 Å². The average Bonchev–Trinajstić information content (AvgIpc) is 2.47. The second kappa shape index (κ2) is 4.85. The van der Waals surface area contributed by atoms with E-state index >= 15 is 0 Å². The van der Waals surface area contributed by atoms with Crippen LogP contribution in [0.2, 0.25) is 0 Å². The van der Waals surface area contributed by atoms with Crippen LogP contribution in [0.25, 0.3) is 0 Å². The lowest BCUT2D eigenvalue weighted by molar-refractivity contribution is 0.768. The fraction of sp³-hybridized carbons (Fsp3) is 0.0909. The molecule has 0 saturated carbocycles. The maximum atomic E-state index is 3.54. The monoisotopic (exact) mass is 391 g/mol. The van der Waals surface area contributed by atoms with Crippen molar-refractivity contribution in [2.45, 2.75) is 6.54 Å². The Morgan fingerprint density at radius 2 is 1.67 bits per heavy atom. The Morgan fingerprint density at radius 1 is 1.00 bits per heavy atom. The van der Waals surface area contributed by atoms with Gasteiger partial charge in [-0.2, -0.15) is 0 Å². The molecular weight excluding hydrogens is 386 g/mol. The van der Waals surface area contributed by atoms with Crippen molar-refractivity contribution >= 4 is 47.8 Å². The van der Waals surface area contributed by atoms with Gasteiger partial charge in [-0.05, 0) is 59.4 Å². The minimum absolute atomic E-state index is 0.855. The molecule has 0 aliphatic carbocycles. The van der Waals surface area contributed by atoms with E-state index in [4.69, 9.17) is 0 Å². The summed E-state index contributed by atoms with van der Waals surface area (Å²) in [7, 11) is 0. The van der Waals surface area contributed by atoms with Crippen molar-refractivity contribution in [2.75, 3.05) is 0 Å². The zero-order chi connectivity index (χ0) is 10.8. The third-order valence-electron chi connectivity index (χ3n) is 2.12. The van der Waals surface area contributed by atoms with E-state index in [0.717, 1.165) is 20.2 Å². The van der Waals surface area contributed by atoms with Crippen molar-refractivity contribution in [1.29, 1.82) is 0 Å². The summed E-state index contributed by atoms with van der Waals surface area (Å²) in [6.07, 6.45) is 0. The lowest BCUT2D eigenvalue weighted by Crippen LogP contribution is -1.99. The van der Waals surface area contributed by atoms with Crippen LogP contribution in [0, 0.1) is 0 Å². The lowest BCUT2D eigenvalue weighted by atomic mass is 10.2. The van der Waals surface area contributed by atoms with Gasteiger partial charge in [0, 0.05) is 6.54 Å². The summed E-state index contributed by atoms with van der Waals surface area (Å²) in [5, 5.41) is 0. The average molecular weight is 394 g/mol. The first-order chi connectivity index (χ1) is 7.18. The summed E-state index contributed by atoms with van der Waals surface area (Å²) in [6.45, 7) is 0.855. The molecule has 1 aromatic heterocycles. The Labute approximate surface area is 114 Å². The van der Waals surface area contributed by atoms with Crippen LogP contribution in [0.1, 0.15) is 5.56 Å². The molecule has 15 heavy (non-hydrogen) atoms. The number of benzene rings is 1. The van der Waals surface area contributed by atoms with E-state index in [9.17, 15) is 0 Å². The summed E-state index contributed by atoms with van der Waals surface area (Å²) in [6, 6.07) is 12.4. The Hall–Kier alpha value is -0.0600. The first-order valence-corrected chi connectivity index (χ1v) is 6.80. The molecule has 2 aromatic rings. The smallest absolute Gasteiger partial charge is 0.100 e. The van der Waals surface area contributed by atoms with Crippen LogP contribution in [0.3, 0.4) is 0 Å². The Bertz CT molecular complexity index is 462. The Morgan fingerprint density at radius 3 is 2.20 bits per heavy atom. The van der Waals surface area contributed by atoms with Crippen LogP contribution < -0.4 is 0 Å². The van der Waals surface area contributed by atoms with E-state index in [1.54, 1.807) is 0 Å². The minimum Gasteiger partial charge on any atom is -0.325 e. The van der Waals surface area contributed by atoms with Gasteiger partial charge < -0.3 is 4.57 Å². The molecule has 1 heterocycles. The molecule has 0 bridgehead atoms. The highest BCUT2D eigenvalue weighted by Gasteiger charge is 2.09. The van der Waals surface area contributed by atoms with E-state index in [-0.39, 0.29) is 0 Å². The molecule has 78 valence electrons. The topological polar surface area (TPSA) is 4.93 Å². The van der Waals surface area contributed by atoms with Crippen molar-refractivity contribution in [3.63, 3.8) is 0 Å². The van der Waals surface area contributed by atoms with Crippen molar-refractivity contribution < 1.29 is 0 Å². The first-order valence-electron chi connectivity index (χ1n) is 4.42. The van der Waals surface area contributed by atoms with Crippen molar-refractivity contribution in [1.82, 2.24) is 4.57 Å². The van der Waals surface area contributed by atoms with E-state index in [0.29, 0.717) is 0 Å². The quantitative estimate of drug-likeness (QED) is 0.689. The predicted molar refractivity (Wildman–Crippen MR) is 73.1 cm³/mol. The molecule has 0 aliphatic heterocycles. The normalized spacial score (nSPS) is 10.6. The SMILES string of the molecule is Brc1cc(Br)n(Cc2ccccc2)c1Br. The summed E-state index contributed by atoms with van der Waals surface area (Å²) < 4.78 is 5.33. The number of nitrogens with zero attached hydrogens (tertiary/aromatic N) is 1. The second-order valence-electron chi connectivity index (χ2n) is 3.18. The molecular formula is C11H8Br3N. The van der Waals surface area contributed by atoms with Gasteiger partial charge in [0.25, 0.3) is 0 Å². The molecule has 0 atom stereocenters. The maximum absolute atomic E-state index is 3.54. The third kappa shape index (κ3) is 2.55. The molecule has 0 radical (unpaired) electrons. The summed E-state index contributed by atoms with van der Waals surface area (Å²) in [4.78, 5) is 0. The minimum atomic E-state index is 0.855. The highest BCUT2D eigenvalue weighted by Crippen LogP contribution is 2.30. The van der Waals surface area contributed by atoms with Crippen LogP contribution >= 0.6 is 47.8 Å². The second-order valence-corrected chi connectivity index (χ2v) is 5.60. The van der Waals surface area contributed by atoms with Crippen LogP contribution in [-0.2, 0) is 6.54 Å². The van der Waals surface area contributed by atoms with Gasteiger partial charge in [-0.25, -0.2) is 0 Å². The number of hydrogen-bond donors (Lipinski definition) is 0. The van der Waals surface area contributed by atoms with Gasteiger partial charge in [0.1, 0.15) is 4.60 Å². The molecule has 1 nitrogen and oxygen atoms in total. The van der Waals surface area contributed by atoms with Gasteiger partial charge in [0.05, 0.1) is 9.08 Å². The van der Waals surface area contributed by atoms with Crippen LogP contribution in [-0.4, -0.2) is 4.57 Å². The summed E-state index contributed by atoms with van der Waals surface area (Å²) in [5.41, 5.74) is 1.28. The largest absolute Gasteiger partial charge is 0.325 e. The zero-order valence-corrected chi connectivity index (χ0v) is 12.5. The number of halogens is 3. The van der Waals surface area contributed by atoms with Gasteiger partial charge in [0.15, 0.2) is 0 Å². The fourth-order valence-electron chi connectivity index (χ4n) is 1.38. The van der Waals surface area contributed by atoms with E-state index in [2.05, 4.69) is 76.6 Å². The highest BCUT2D eigenvalue weighted by molar-refractivity contribution is 9.13.